The van der Waals surface area contributed by atoms with Crippen LogP contribution in [0, 0.1) is 0 Å². The van der Waals surface area contributed by atoms with Crippen LogP contribution < -0.4 is 5.73 Å². The van der Waals surface area contributed by atoms with Crippen LogP contribution in [0.1, 0.15) is 5.56 Å². The van der Waals surface area contributed by atoms with Crippen LogP contribution >= 0.6 is 0 Å². The largest absolute Gasteiger partial charge is 0.402 e. The molecule has 0 aliphatic heterocycles. The first-order valence-corrected chi connectivity index (χ1v) is 6.43. The number of rotatable bonds is 4. The van der Waals surface area contributed by atoms with Gasteiger partial charge >= 0.3 is 6.18 Å². The maximum absolute atomic E-state index is 12.1. The third kappa shape index (κ3) is 3.69. The van der Waals surface area contributed by atoms with Gasteiger partial charge in [0.25, 0.3) is 0 Å². The second-order valence-electron chi connectivity index (χ2n) is 3.72. The summed E-state index contributed by atoms with van der Waals surface area (Å²) in [5, 5.41) is 0. The number of hydrogen-bond acceptors (Lipinski definition) is 3. The van der Waals surface area contributed by atoms with Crippen molar-refractivity contribution < 1.29 is 21.6 Å². The Kier molecular flexibility index (Phi) is 4.36. The van der Waals surface area contributed by atoms with Gasteiger partial charge in [-0.2, -0.15) is 17.5 Å². The van der Waals surface area contributed by atoms with Crippen LogP contribution in [0.2, 0.25) is 0 Å². The zero-order valence-corrected chi connectivity index (χ0v) is 10.4. The van der Waals surface area contributed by atoms with Gasteiger partial charge in [-0.05, 0) is 17.7 Å². The lowest BCUT2D eigenvalue weighted by atomic mass is 10.2. The Morgan fingerprint density at radius 3 is 2.11 bits per heavy atom. The van der Waals surface area contributed by atoms with E-state index in [1.165, 1.54) is 24.3 Å². The SMILES string of the molecule is CN(CC(F)(F)F)S(=O)(=O)c1ccc(CN)cc1. The molecule has 0 aliphatic carbocycles. The predicted molar refractivity (Wildman–Crippen MR) is 60.2 cm³/mol. The summed E-state index contributed by atoms with van der Waals surface area (Å²) in [6.45, 7) is -1.29. The molecule has 2 N–H and O–H groups in total. The van der Waals surface area contributed by atoms with Crippen LogP contribution in [0.25, 0.3) is 0 Å². The van der Waals surface area contributed by atoms with Crippen molar-refractivity contribution in [1.82, 2.24) is 4.31 Å². The molecule has 0 amide bonds. The number of sulfonamides is 1. The quantitative estimate of drug-likeness (QED) is 0.906. The summed E-state index contributed by atoms with van der Waals surface area (Å²) < 4.78 is 60.3. The second kappa shape index (κ2) is 5.25. The molecule has 1 aromatic rings. The lowest BCUT2D eigenvalue weighted by molar-refractivity contribution is -0.134. The van der Waals surface area contributed by atoms with Crippen molar-refractivity contribution in [2.45, 2.75) is 17.6 Å². The van der Waals surface area contributed by atoms with Crippen LogP contribution in [-0.4, -0.2) is 32.5 Å². The molecule has 4 nitrogen and oxygen atoms in total. The lowest BCUT2D eigenvalue weighted by Crippen LogP contribution is -2.35. The number of halogens is 3. The number of nitrogens with zero attached hydrogens (tertiary/aromatic N) is 1. The van der Waals surface area contributed by atoms with Gasteiger partial charge in [-0.3, -0.25) is 0 Å². The van der Waals surface area contributed by atoms with E-state index in [1.807, 2.05) is 0 Å². The van der Waals surface area contributed by atoms with Gasteiger partial charge in [0.15, 0.2) is 0 Å². The molecule has 0 fully saturated rings. The Bertz CT molecular complexity index is 497. The topological polar surface area (TPSA) is 63.4 Å². The highest BCUT2D eigenvalue weighted by Crippen LogP contribution is 2.21. The minimum Gasteiger partial charge on any atom is -0.326 e. The molecule has 0 saturated heterocycles. The van der Waals surface area contributed by atoms with E-state index in [1.54, 1.807) is 0 Å². The number of nitrogens with two attached hydrogens (primary N) is 1. The van der Waals surface area contributed by atoms with Crippen LogP contribution in [0.4, 0.5) is 13.2 Å². The summed E-state index contributed by atoms with van der Waals surface area (Å²) in [5.41, 5.74) is 6.04. The molecule has 18 heavy (non-hydrogen) atoms. The first-order chi connectivity index (χ1) is 8.16. The molecule has 0 heterocycles. The van der Waals surface area contributed by atoms with E-state index >= 15 is 0 Å². The maximum atomic E-state index is 12.1. The van der Waals surface area contributed by atoms with Crippen molar-refractivity contribution in [3.8, 4) is 0 Å². The van der Waals surface area contributed by atoms with E-state index in [-0.39, 0.29) is 15.7 Å². The number of benzene rings is 1. The molecule has 0 aliphatic rings. The molecule has 1 aromatic carbocycles. The minimum absolute atomic E-state index is 0.188. The highest BCUT2D eigenvalue weighted by Gasteiger charge is 2.34. The average Bonchev–Trinajstić information content (AvgIpc) is 2.27. The zero-order chi connectivity index (χ0) is 14.0. The fourth-order valence-electron chi connectivity index (χ4n) is 1.31. The van der Waals surface area contributed by atoms with Crippen molar-refractivity contribution in [2.75, 3.05) is 13.6 Å². The van der Waals surface area contributed by atoms with Crippen molar-refractivity contribution in [3.63, 3.8) is 0 Å². The van der Waals surface area contributed by atoms with E-state index in [0.29, 0.717) is 5.56 Å². The average molecular weight is 282 g/mol. The Hall–Kier alpha value is -1.12. The molecule has 0 saturated carbocycles. The molecular formula is C10H13F3N2O2S. The smallest absolute Gasteiger partial charge is 0.326 e. The van der Waals surface area contributed by atoms with Crippen molar-refractivity contribution >= 4 is 10.0 Å². The lowest BCUT2D eigenvalue weighted by Gasteiger charge is -2.18. The highest BCUT2D eigenvalue weighted by atomic mass is 32.2. The minimum atomic E-state index is -4.57. The Morgan fingerprint density at radius 2 is 1.72 bits per heavy atom. The van der Waals surface area contributed by atoms with Gasteiger partial charge in [-0.15, -0.1) is 0 Å². The summed E-state index contributed by atoms with van der Waals surface area (Å²) in [5.74, 6) is 0. The van der Waals surface area contributed by atoms with Crippen LogP contribution in [0.15, 0.2) is 29.2 Å². The van der Waals surface area contributed by atoms with Gasteiger partial charge in [0.05, 0.1) is 4.90 Å². The van der Waals surface area contributed by atoms with E-state index in [9.17, 15) is 21.6 Å². The molecule has 0 atom stereocenters. The van der Waals surface area contributed by atoms with Crippen molar-refractivity contribution in [1.29, 1.82) is 0 Å². The molecule has 0 aromatic heterocycles. The summed E-state index contributed by atoms with van der Waals surface area (Å²) in [6, 6.07) is 5.41. The molecule has 0 spiro atoms. The fourth-order valence-corrected chi connectivity index (χ4v) is 2.47. The Morgan fingerprint density at radius 1 is 1.22 bits per heavy atom. The van der Waals surface area contributed by atoms with Gasteiger partial charge < -0.3 is 5.73 Å². The van der Waals surface area contributed by atoms with E-state index in [2.05, 4.69) is 0 Å². The summed E-state index contributed by atoms with van der Waals surface area (Å²) in [6.07, 6.45) is -4.57. The first kappa shape index (κ1) is 14.9. The van der Waals surface area contributed by atoms with E-state index in [0.717, 1.165) is 7.05 Å². The summed E-state index contributed by atoms with van der Waals surface area (Å²) in [7, 11) is -3.24. The Labute approximate surface area is 103 Å². The van der Waals surface area contributed by atoms with Crippen LogP contribution in [0.3, 0.4) is 0 Å². The normalized spacial score (nSPS) is 13.0. The monoisotopic (exact) mass is 282 g/mol. The number of hydrogen-bond donors (Lipinski definition) is 1. The Balaban J connectivity index is 2.98. The van der Waals surface area contributed by atoms with Crippen molar-refractivity contribution in [2.24, 2.45) is 5.73 Å². The second-order valence-corrected chi connectivity index (χ2v) is 5.77. The van der Waals surface area contributed by atoms with Crippen LogP contribution in [-0.2, 0) is 16.6 Å². The van der Waals surface area contributed by atoms with Gasteiger partial charge in [0, 0.05) is 13.6 Å². The predicted octanol–water partition coefficient (Wildman–Crippen LogP) is 1.33. The summed E-state index contributed by atoms with van der Waals surface area (Å²) >= 11 is 0. The molecule has 102 valence electrons. The first-order valence-electron chi connectivity index (χ1n) is 4.99. The highest BCUT2D eigenvalue weighted by molar-refractivity contribution is 7.89. The number of alkyl halides is 3. The third-order valence-electron chi connectivity index (χ3n) is 2.27. The molecule has 1 rings (SSSR count). The van der Waals surface area contributed by atoms with Gasteiger partial charge in [-0.25, -0.2) is 8.42 Å². The van der Waals surface area contributed by atoms with Gasteiger partial charge in [0.2, 0.25) is 10.0 Å². The van der Waals surface area contributed by atoms with Gasteiger partial charge in [0.1, 0.15) is 6.54 Å². The molecule has 0 bridgehead atoms. The maximum Gasteiger partial charge on any atom is 0.402 e. The standard InChI is InChI=1S/C10H13F3N2O2S/c1-15(7-10(11,12)13)18(16,17)9-4-2-8(6-14)3-5-9/h2-5H,6-7,14H2,1H3. The molecular weight excluding hydrogens is 269 g/mol. The fraction of sp³-hybridized carbons (Fsp3) is 0.400. The molecule has 0 radical (unpaired) electrons. The van der Waals surface area contributed by atoms with E-state index in [4.69, 9.17) is 5.73 Å². The zero-order valence-electron chi connectivity index (χ0n) is 9.61. The van der Waals surface area contributed by atoms with Crippen LogP contribution in [0.5, 0.6) is 0 Å². The summed E-state index contributed by atoms with van der Waals surface area (Å²) in [4.78, 5) is -0.188. The van der Waals surface area contributed by atoms with Gasteiger partial charge in [-0.1, -0.05) is 12.1 Å². The molecule has 0 unspecified atom stereocenters. The van der Waals surface area contributed by atoms with E-state index < -0.39 is 22.7 Å². The van der Waals surface area contributed by atoms with Crippen molar-refractivity contribution in [3.05, 3.63) is 29.8 Å². The third-order valence-corrected chi connectivity index (χ3v) is 4.09. The molecule has 8 heteroatoms.